The van der Waals surface area contributed by atoms with Crippen molar-refractivity contribution in [1.82, 2.24) is 5.32 Å². The smallest absolute Gasteiger partial charge is 0.185 e. The zero-order valence-corrected chi connectivity index (χ0v) is 20.3. The normalized spacial score (nSPS) is 51.6. The van der Waals surface area contributed by atoms with Gasteiger partial charge in [-0.1, -0.05) is 22.6 Å². The van der Waals surface area contributed by atoms with Crippen molar-refractivity contribution in [3.8, 4) is 0 Å². The summed E-state index contributed by atoms with van der Waals surface area (Å²) in [5.74, 6) is 0. The topological polar surface area (TPSA) is 193 Å². The fraction of sp³-hybridized carbons (Fsp3) is 1.00. The number of nitrogens with one attached hydrogen (secondary N) is 1. The largest absolute Gasteiger partial charge is 0.386 e. The van der Waals surface area contributed by atoms with Crippen molar-refractivity contribution < 1.29 is 29.2 Å². The zero-order valence-electron chi connectivity index (χ0n) is 18.1. The van der Waals surface area contributed by atoms with Gasteiger partial charge in [-0.15, -0.1) is 0 Å². The molecule has 12 atom stereocenters. The van der Waals surface area contributed by atoms with Crippen LogP contribution in [0.5, 0.6) is 0 Å². The van der Waals surface area contributed by atoms with Gasteiger partial charge in [-0.3, -0.25) is 0 Å². The van der Waals surface area contributed by atoms with Crippen LogP contribution in [0, 0.1) is 0 Å². The summed E-state index contributed by atoms with van der Waals surface area (Å²) in [4.78, 5) is 0. The van der Waals surface area contributed by atoms with E-state index in [4.69, 9.17) is 41.9 Å². The fourth-order valence-electron chi connectivity index (χ4n) is 4.65. The van der Waals surface area contributed by atoms with E-state index in [0.29, 0.717) is 13.0 Å². The Kier molecular flexibility index (Phi) is 8.94. The summed E-state index contributed by atoms with van der Waals surface area (Å²) in [5.41, 5.74) is 23.5. The van der Waals surface area contributed by atoms with Crippen molar-refractivity contribution in [3.63, 3.8) is 0 Å². The maximum absolute atomic E-state index is 10.7. The SMILES string of the molecule is CNC1C(O)C(OC2C(N)CC(N)C(OC3OC(CN)CCC3N)C2I)OCC1(C)O. The van der Waals surface area contributed by atoms with Crippen molar-refractivity contribution in [2.75, 3.05) is 20.2 Å². The van der Waals surface area contributed by atoms with Crippen molar-refractivity contribution >= 4 is 22.6 Å². The van der Waals surface area contributed by atoms with Gasteiger partial charge in [-0.05, 0) is 33.2 Å². The number of aliphatic hydroxyl groups excluding tert-OH is 1. The van der Waals surface area contributed by atoms with Gasteiger partial charge in [0.15, 0.2) is 12.6 Å². The molecule has 2 aliphatic heterocycles. The molecular formula is C19H38IN5O6. The Morgan fingerprint density at radius 1 is 1.10 bits per heavy atom. The first-order valence-electron chi connectivity index (χ1n) is 10.9. The van der Waals surface area contributed by atoms with E-state index >= 15 is 0 Å². The lowest BCUT2D eigenvalue weighted by Gasteiger charge is -2.48. The number of alkyl halides is 1. The minimum atomic E-state index is -1.23. The summed E-state index contributed by atoms with van der Waals surface area (Å²) < 4.78 is 23.7. The van der Waals surface area contributed by atoms with E-state index < -0.39 is 42.5 Å². The Morgan fingerprint density at radius 3 is 2.29 bits per heavy atom. The van der Waals surface area contributed by atoms with Crippen LogP contribution >= 0.6 is 22.6 Å². The molecule has 2 saturated heterocycles. The van der Waals surface area contributed by atoms with E-state index in [1.807, 2.05) is 0 Å². The molecule has 11 N–H and O–H groups in total. The van der Waals surface area contributed by atoms with Crippen LogP contribution in [-0.4, -0.2) is 101 Å². The van der Waals surface area contributed by atoms with Crippen LogP contribution in [-0.2, 0) is 18.9 Å². The standard InChI is InChI=1S/C19H38IN5O6/c1-19(27)7-28-18(13(26)16(19)25-2)31-15-11(24)5-10(23)14(12(15)20)30-17-9(22)4-3-8(6-21)29-17/h8-18,25-27H,3-7,21-24H2,1-2H3. The molecule has 2 heterocycles. The molecule has 3 fully saturated rings. The Hall–Kier alpha value is 0.290. The number of rotatable bonds is 6. The van der Waals surface area contributed by atoms with Crippen molar-refractivity contribution in [2.24, 2.45) is 22.9 Å². The summed E-state index contributed by atoms with van der Waals surface area (Å²) in [7, 11) is 1.67. The molecular weight excluding hydrogens is 521 g/mol. The number of aliphatic hydroxyl groups is 2. The molecule has 0 aromatic carbocycles. The van der Waals surface area contributed by atoms with Crippen LogP contribution in [0.25, 0.3) is 0 Å². The molecule has 31 heavy (non-hydrogen) atoms. The molecule has 0 aromatic heterocycles. The molecule has 1 aliphatic carbocycles. The highest BCUT2D eigenvalue weighted by Crippen LogP contribution is 2.34. The average Bonchev–Trinajstić information content (AvgIpc) is 2.71. The van der Waals surface area contributed by atoms with E-state index in [0.717, 1.165) is 12.8 Å². The number of hydrogen-bond donors (Lipinski definition) is 7. The highest BCUT2D eigenvalue weighted by Gasteiger charge is 2.50. The maximum Gasteiger partial charge on any atom is 0.185 e. The highest BCUT2D eigenvalue weighted by molar-refractivity contribution is 14.1. The summed E-state index contributed by atoms with van der Waals surface area (Å²) >= 11 is 2.22. The Morgan fingerprint density at radius 2 is 1.71 bits per heavy atom. The van der Waals surface area contributed by atoms with Crippen LogP contribution in [0.15, 0.2) is 0 Å². The van der Waals surface area contributed by atoms with Gasteiger partial charge in [0.05, 0.1) is 40.9 Å². The zero-order chi connectivity index (χ0) is 22.9. The number of likely N-dealkylation sites (N-methyl/N-ethyl adjacent to an activating group) is 1. The van der Waals surface area contributed by atoms with Crippen LogP contribution in [0.3, 0.4) is 0 Å². The van der Waals surface area contributed by atoms with Gasteiger partial charge in [0, 0.05) is 18.6 Å². The van der Waals surface area contributed by atoms with E-state index in [1.54, 1.807) is 14.0 Å². The molecule has 3 aliphatic rings. The fourth-order valence-corrected chi connectivity index (χ4v) is 6.05. The second-order valence-electron chi connectivity index (χ2n) is 9.11. The van der Waals surface area contributed by atoms with Crippen LogP contribution < -0.4 is 28.3 Å². The Balaban J connectivity index is 1.68. The molecule has 11 nitrogen and oxygen atoms in total. The van der Waals surface area contributed by atoms with Gasteiger partial charge in [0.2, 0.25) is 0 Å². The molecule has 12 unspecified atom stereocenters. The molecule has 3 rings (SSSR count). The third kappa shape index (κ3) is 5.69. The van der Waals surface area contributed by atoms with Gasteiger partial charge < -0.3 is 57.4 Å². The third-order valence-electron chi connectivity index (χ3n) is 6.50. The molecule has 0 bridgehead atoms. The van der Waals surface area contributed by atoms with Gasteiger partial charge in [-0.25, -0.2) is 0 Å². The number of hydrogen-bond acceptors (Lipinski definition) is 11. The molecule has 0 radical (unpaired) electrons. The lowest BCUT2D eigenvalue weighted by Crippen LogP contribution is -2.68. The van der Waals surface area contributed by atoms with E-state index in [2.05, 4.69) is 27.9 Å². The van der Waals surface area contributed by atoms with E-state index in [1.165, 1.54) is 0 Å². The van der Waals surface area contributed by atoms with Crippen LogP contribution in [0.4, 0.5) is 0 Å². The van der Waals surface area contributed by atoms with Crippen molar-refractivity contribution in [3.05, 3.63) is 0 Å². The Labute approximate surface area is 197 Å². The molecule has 0 amide bonds. The first-order chi connectivity index (χ1) is 14.6. The summed E-state index contributed by atoms with van der Waals surface area (Å²) in [5, 5.41) is 24.1. The first kappa shape index (κ1) is 25.9. The van der Waals surface area contributed by atoms with Crippen molar-refractivity contribution in [2.45, 2.75) is 96.9 Å². The first-order valence-corrected chi connectivity index (χ1v) is 12.1. The van der Waals surface area contributed by atoms with E-state index in [-0.39, 0.29) is 34.8 Å². The monoisotopic (exact) mass is 559 g/mol. The summed E-state index contributed by atoms with van der Waals surface area (Å²) in [6.07, 6.45) is -1.62. The minimum absolute atomic E-state index is 0.0127. The highest BCUT2D eigenvalue weighted by atomic mass is 127. The predicted octanol–water partition coefficient (Wildman–Crippen LogP) is -2.53. The lowest BCUT2D eigenvalue weighted by molar-refractivity contribution is -0.288. The minimum Gasteiger partial charge on any atom is -0.386 e. The molecule has 0 aromatic rings. The summed E-state index contributed by atoms with van der Waals surface area (Å²) in [6, 6.07) is -1.58. The number of halogens is 1. The Bertz CT molecular complexity index is 592. The quantitative estimate of drug-likeness (QED) is 0.134. The van der Waals surface area contributed by atoms with Gasteiger partial charge >= 0.3 is 0 Å². The van der Waals surface area contributed by atoms with Gasteiger partial charge in [0.25, 0.3) is 0 Å². The average molecular weight is 559 g/mol. The third-order valence-corrected chi connectivity index (χ3v) is 7.92. The predicted molar refractivity (Wildman–Crippen MR) is 122 cm³/mol. The second kappa shape index (κ2) is 10.7. The molecule has 12 heteroatoms. The molecule has 1 saturated carbocycles. The van der Waals surface area contributed by atoms with Crippen LogP contribution in [0.1, 0.15) is 26.2 Å². The molecule has 182 valence electrons. The second-order valence-corrected chi connectivity index (χ2v) is 10.5. The lowest BCUT2D eigenvalue weighted by atomic mass is 9.86. The maximum atomic E-state index is 10.7. The number of nitrogens with two attached hydrogens (primary N) is 4. The number of ether oxygens (including phenoxy) is 4. The van der Waals surface area contributed by atoms with Crippen molar-refractivity contribution in [1.29, 1.82) is 0 Å². The van der Waals surface area contributed by atoms with Crippen LogP contribution in [0.2, 0.25) is 0 Å². The summed E-state index contributed by atoms with van der Waals surface area (Å²) in [6.45, 7) is 2.02. The van der Waals surface area contributed by atoms with Gasteiger partial charge in [-0.2, -0.15) is 0 Å². The molecule has 0 spiro atoms. The van der Waals surface area contributed by atoms with E-state index in [9.17, 15) is 10.2 Å². The van der Waals surface area contributed by atoms with Gasteiger partial charge in [0.1, 0.15) is 11.7 Å².